The molecule has 2 nitrogen and oxygen atoms in total. The van der Waals surface area contributed by atoms with Crippen molar-refractivity contribution in [3.8, 4) is 0 Å². The number of hydrogen-bond donors (Lipinski definition) is 1. The van der Waals surface area contributed by atoms with Crippen molar-refractivity contribution in [3.63, 3.8) is 0 Å². The molecule has 1 saturated heterocycles. The number of nitrogens with zero attached hydrogens (tertiary/aromatic N) is 1. The molecule has 1 heterocycles. The minimum absolute atomic E-state index is 1.15. The van der Waals surface area contributed by atoms with Gasteiger partial charge >= 0.3 is 0 Å². The van der Waals surface area contributed by atoms with Crippen LogP contribution in [0.15, 0.2) is 30.3 Å². The minimum atomic E-state index is 1.15. The van der Waals surface area contributed by atoms with E-state index in [1.54, 1.807) is 0 Å². The molecule has 0 saturated carbocycles. The lowest BCUT2D eigenvalue weighted by molar-refractivity contribution is 0.331. The van der Waals surface area contributed by atoms with Crippen LogP contribution in [0, 0.1) is 0 Å². The molecule has 1 aliphatic rings. The zero-order valence-corrected chi connectivity index (χ0v) is 11.4. The predicted molar refractivity (Wildman–Crippen MR) is 77.9 cm³/mol. The normalized spacial score (nSPS) is 16.2. The summed E-state index contributed by atoms with van der Waals surface area (Å²) in [6.45, 7) is 6.26. The maximum Gasteiger partial charge on any atom is -0.000664 e. The Labute approximate surface area is 111 Å². The Morgan fingerprint density at radius 3 is 2.44 bits per heavy atom. The second kappa shape index (κ2) is 8.28. The molecular formula is C16H26N2. The standard InChI is InChI=1S/C16H26N2/c1-2-8-16(9-3-1)10-6-11-17-12-7-15-18-13-4-5-14-18/h1-3,8-9,17H,4-7,10-15H2. The lowest BCUT2D eigenvalue weighted by Crippen LogP contribution is -2.25. The van der Waals surface area contributed by atoms with E-state index in [1.807, 2.05) is 0 Å². The molecule has 0 radical (unpaired) electrons. The Morgan fingerprint density at radius 1 is 0.944 bits per heavy atom. The molecule has 1 fully saturated rings. The lowest BCUT2D eigenvalue weighted by atomic mass is 10.1. The summed E-state index contributed by atoms with van der Waals surface area (Å²) in [4.78, 5) is 2.59. The fraction of sp³-hybridized carbons (Fsp3) is 0.625. The van der Waals surface area contributed by atoms with Crippen molar-refractivity contribution in [2.24, 2.45) is 0 Å². The van der Waals surface area contributed by atoms with E-state index in [-0.39, 0.29) is 0 Å². The van der Waals surface area contributed by atoms with Crippen LogP contribution in [0.3, 0.4) is 0 Å². The number of benzene rings is 1. The van der Waals surface area contributed by atoms with Gasteiger partial charge in [0.1, 0.15) is 0 Å². The van der Waals surface area contributed by atoms with Gasteiger partial charge in [-0.2, -0.15) is 0 Å². The Hall–Kier alpha value is -0.860. The molecule has 100 valence electrons. The molecule has 0 spiro atoms. The summed E-state index contributed by atoms with van der Waals surface area (Å²) in [7, 11) is 0. The number of likely N-dealkylation sites (tertiary alicyclic amines) is 1. The maximum absolute atomic E-state index is 3.55. The zero-order valence-electron chi connectivity index (χ0n) is 11.4. The van der Waals surface area contributed by atoms with Gasteiger partial charge in [0.15, 0.2) is 0 Å². The van der Waals surface area contributed by atoms with E-state index in [1.165, 1.54) is 63.8 Å². The third kappa shape index (κ3) is 5.19. The van der Waals surface area contributed by atoms with Crippen LogP contribution in [0.25, 0.3) is 0 Å². The van der Waals surface area contributed by atoms with Crippen molar-refractivity contribution in [3.05, 3.63) is 35.9 Å². The summed E-state index contributed by atoms with van der Waals surface area (Å²) < 4.78 is 0. The first-order valence-electron chi connectivity index (χ1n) is 7.42. The SMILES string of the molecule is c1ccc(CCCNCCCN2CCCC2)cc1. The Balaban J connectivity index is 1.42. The fourth-order valence-corrected chi connectivity index (χ4v) is 2.62. The quantitative estimate of drug-likeness (QED) is 0.710. The van der Waals surface area contributed by atoms with Gasteiger partial charge in [0, 0.05) is 0 Å². The van der Waals surface area contributed by atoms with Crippen LogP contribution in [0.5, 0.6) is 0 Å². The van der Waals surface area contributed by atoms with E-state index in [9.17, 15) is 0 Å². The van der Waals surface area contributed by atoms with Gasteiger partial charge < -0.3 is 10.2 Å². The van der Waals surface area contributed by atoms with E-state index >= 15 is 0 Å². The molecule has 2 heteroatoms. The largest absolute Gasteiger partial charge is 0.317 e. The molecule has 0 unspecified atom stereocenters. The van der Waals surface area contributed by atoms with Gasteiger partial charge in [-0.05, 0) is 70.4 Å². The minimum Gasteiger partial charge on any atom is -0.317 e. The van der Waals surface area contributed by atoms with E-state index in [0.29, 0.717) is 0 Å². The van der Waals surface area contributed by atoms with Crippen molar-refractivity contribution < 1.29 is 0 Å². The van der Waals surface area contributed by atoms with Gasteiger partial charge in [0.05, 0.1) is 0 Å². The first kappa shape index (κ1) is 13.6. The van der Waals surface area contributed by atoms with Gasteiger partial charge in [0.25, 0.3) is 0 Å². The van der Waals surface area contributed by atoms with Crippen molar-refractivity contribution in [2.45, 2.75) is 32.1 Å². The Bertz CT molecular complexity index is 304. The highest BCUT2D eigenvalue weighted by atomic mass is 15.1. The molecule has 0 amide bonds. The highest BCUT2D eigenvalue weighted by Crippen LogP contribution is 2.06. The van der Waals surface area contributed by atoms with Crippen LogP contribution in [-0.4, -0.2) is 37.6 Å². The van der Waals surface area contributed by atoms with E-state index < -0.39 is 0 Å². The lowest BCUT2D eigenvalue weighted by Gasteiger charge is -2.14. The topological polar surface area (TPSA) is 15.3 Å². The molecule has 18 heavy (non-hydrogen) atoms. The smallest absolute Gasteiger partial charge is 0.000664 e. The van der Waals surface area contributed by atoms with Crippen molar-refractivity contribution in [1.82, 2.24) is 10.2 Å². The highest BCUT2D eigenvalue weighted by molar-refractivity contribution is 5.14. The van der Waals surface area contributed by atoms with Crippen molar-refractivity contribution in [1.29, 1.82) is 0 Å². The van der Waals surface area contributed by atoms with Crippen molar-refractivity contribution >= 4 is 0 Å². The number of hydrogen-bond acceptors (Lipinski definition) is 2. The van der Waals surface area contributed by atoms with Gasteiger partial charge in [-0.1, -0.05) is 30.3 Å². The Kier molecular flexibility index (Phi) is 6.24. The van der Waals surface area contributed by atoms with Crippen LogP contribution in [0.2, 0.25) is 0 Å². The monoisotopic (exact) mass is 246 g/mol. The molecule has 0 aromatic heterocycles. The number of aryl methyl sites for hydroxylation is 1. The number of nitrogens with one attached hydrogen (secondary N) is 1. The summed E-state index contributed by atoms with van der Waals surface area (Å²) in [5, 5.41) is 3.55. The summed E-state index contributed by atoms with van der Waals surface area (Å²) >= 11 is 0. The zero-order chi connectivity index (χ0) is 12.5. The van der Waals surface area contributed by atoms with Crippen molar-refractivity contribution in [2.75, 3.05) is 32.7 Å². The highest BCUT2D eigenvalue weighted by Gasteiger charge is 2.09. The molecule has 2 rings (SSSR count). The molecule has 0 bridgehead atoms. The maximum atomic E-state index is 3.55. The summed E-state index contributed by atoms with van der Waals surface area (Å²) in [5.41, 5.74) is 1.45. The van der Waals surface area contributed by atoms with Crippen LogP contribution >= 0.6 is 0 Å². The molecule has 1 N–H and O–H groups in total. The first-order chi connectivity index (χ1) is 8.95. The first-order valence-corrected chi connectivity index (χ1v) is 7.42. The summed E-state index contributed by atoms with van der Waals surface area (Å²) in [6.07, 6.45) is 6.55. The molecule has 0 atom stereocenters. The molecular weight excluding hydrogens is 220 g/mol. The average molecular weight is 246 g/mol. The second-order valence-corrected chi connectivity index (χ2v) is 5.24. The van der Waals surface area contributed by atoms with Crippen LogP contribution in [0.1, 0.15) is 31.2 Å². The molecule has 1 aromatic rings. The molecule has 1 aliphatic heterocycles. The van der Waals surface area contributed by atoms with E-state index in [0.717, 1.165) is 6.54 Å². The second-order valence-electron chi connectivity index (χ2n) is 5.24. The molecule has 1 aromatic carbocycles. The summed E-state index contributed by atoms with van der Waals surface area (Å²) in [5.74, 6) is 0. The van der Waals surface area contributed by atoms with E-state index in [2.05, 4.69) is 40.5 Å². The Morgan fingerprint density at radius 2 is 1.67 bits per heavy atom. The predicted octanol–water partition coefficient (Wildman–Crippen LogP) is 2.69. The fourth-order valence-electron chi connectivity index (χ4n) is 2.62. The van der Waals surface area contributed by atoms with Gasteiger partial charge in [-0.3, -0.25) is 0 Å². The third-order valence-corrected chi connectivity index (χ3v) is 3.69. The third-order valence-electron chi connectivity index (χ3n) is 3.69. The van der Waals surface area contributed by atoms with Crippen LogP contribution < -0.4 is 5.32 Å². The molecule has 0 aliphatic carbocycles. The van der Waals surface area contributed by atoms with E-state index in [4.69, 9.17) is 0 Å². The van der Waals surface area contributed by atoms with Gasteiger partial charge in [-0.15, -0.1) is 0 Å². The van der Waals surface area contributed by atoms with Crippen LogP contribution in [-0.2, 0) is 6.42 Å². The number of rotatable bonds is 8. The summed E-state index contributed by atoms with van der Waals surface area (Å²) in [6, 6.07) is 10.8. The van der Waals surface area contributed by atoms with Crippen LogP contribution in [0.4, 0.5) is 0 Å². The van der Waals surface area contributed by atoms with Gasteiger partial charge in [0.2, 0.25) is 0 Å². The average Bonchev–Trinajstić information content (AvgIpc) is 2.92. The van der Waals surface area contributed by atoms with Gasteiger partial charge in [-0.25, -0.2) is 0 Å².